The fourth-order valence-electron chi connectivity index (χ4n) is 1.72. The van der Waals surface area contributed by atoms with E-state index in [1.54, 1.807) is 0 Å². The van der Waals surface area contributed by atoms with E-state index in [9.17, 15) is 0 Å². The van der Waals surface area contributed by atoms with Crippen molar-refractivity contribution < 1.29 is 0 Å². The minimum absolute atomic E-state index is 0.0193. The van der Waals surface area contributed by atoms with E-state index >= 15 is 0 Å². The summed E-state index contributed by atoms with van der Waals surface area (Å²) in [6, 6.07) is 5.98. The van der Waals surface area contributed by atoms with Crippen LogP contribution in [-0.4, -0.2) is 17.1 Å². The highest BCUT2D eigenvalue weighted by molar-refractivity contribution is 5.35. The molecule has 1 aromatic rings. The molecule has 76 valence electrons. The van der Waals surface area contributed by atoms with Crippen molar-refractivity contribution in [3.63, 3.8) is 0 Å². The van der Waals surface area contributed by atoms with E-state index in [2.05, 4.69) is 10.3 Å². The summed E-state index contributed by atoms with van der Waals surface area (Å²) < 4.78 is 0. The molecule has 0 saturated heterocycles. The van der Waals surface area contributed by atoms with Crippen molar-refractivity contribution >= 4 is 5.82 Å². The maximum Gasteiger partial charge on any atom is 0.126 e. The number of hydrogen-bond acceptors (Lipinski definition) is 3. The summed E-state index contributed by atoms with van der Waals surface area (Å²) in [7, 11) is 0. The van der Waals surface area contributed by atoms with Crippen molar-refractivity contribution in [2.24, 2.45) is 5.73 Å². The van der Waals surface area contributed by atoms with Crippen molar-refractivity contribution in [1.29, 1.82) is 0 Å². The van der Waals surface area contributed by atoms with Crippen LogP contribution < -0.4 is 11.1 Å². The summed E-state index contributed by atoms with van der Waals surface area (Å²) in [5.74, 6) is 0.932. The van der Waals surface area contributed by atoms with E-state index in [4.69, 9.17) is 5.73 Å². The van der Waals surface area contributed by atoms with E-state index in [0.717, 1.165) is 30.9 Å². The highest BCUT2D eigenvalue weighted by Gasteiger charge is 2.31. The van der Waals surface area contributed by atoms with Gasteiger partial charge in [-0.25, -0.2) is 4.98 Å². The molecule has 1 heterocycles. The van der Waals surface area contributed by atoms with Gasteiger partial charge in [0.1, 0.15) is 5.82 Å². The smallest absolute Gasteiger partial charge is 0.126 e. The molecule has 0 amide bonds. The van der Waals surface area contributed by atoms with Crippen LogP contribution in [0.25, 0.3) is 0 Å². The van der Waals surface area contributed by atoms with E-state index in [-0.39, 0.29) is 5.54 Å². The molecule has 14 heavy (non-hydrogen) atoms. The standard InChI is InChI=1S/C11H17N3/c1-9-4-2-5-10(14-9)13-8-11(12)6-3-7-11/h2,4-5H,3,6-8,12H2,1H3,(H,13,14). The first-order valence-electron chi connectivity index (χ1n) is 5.14. The normalized spacial score (nSPS) is 18.7. The van der Waals surface area contributed by atoms with E-state index in [0.29, 0.717) is 0 Å². The first kappa shape index (κ1) is 9.46. The Kier molecular flexibility index (Phi) is 2.42. The monoisotopic (exact) mass is 191 g/mol. The van der Waals surface area contributed by atoms with Gasteiger partial charge in [0.2, 0.25) is 0 Å². The number of nitrogens with two attached hydrogens (primary N) is 1. The van der Waals surface area contributed by atoms with Crippen molar-refractivity contribution in [3.8, 4) is 0 Å². The van der Waals surface area contributed by atoms with Crippen LogP contribution >= 0.6 is 0 Å². The second-order valence-electron chi connectivity index (χ2n) is 4.23. The van der Waals surface area contributed by atoms with E-state index in [1.165, 1.54) is 6.42 Å². The van der Waals surface area contributed by atoms with Crippen molar-refractivity contribution in [2.45, 2.75) is 31.7 Å². The number of aromatic nitrogens is 1. The van der Waals surface area contributed by atoms with Crippen LogP contribution in [0.3, 0.4) is 0 Å². The molecule has 0 aliphatic heterocycles. The Balaban J connectivity index is 1.91. The lowest BCUT2D eigenvalue weighted by Crippen LogP contribution is -2.52. The number of aryl methyl sites for hydroxylation is 1. The molecule has 0 spiro atoms. The number of anilines is 1. The highest BCUT2D eigenvalue weighted by atomic mass is 15.0. The molecule has 0 atom stereocenters. The molecule has 0 bridgehead atoms. The number of nitrogens with one attached hydrogen (secondary N) is 1. The summed E-state index contributed by atoms with van der Waals surface area (Å²) in [6.45, 7) is 2.83. The zero-order valence-electron chi connectivity index (χ0n) is 8.59. The molecule has 0 aromatic carbocycles. The Morgan fingerprint density at radius 2 is 2.29 bits per heavy atom. The lowest BCUT2D eigenvalue weighted by molar-refractivity contribution is 0.265. The average Bonchev–Trinajstić information content (AvgIpc) is 2.12. The van der Waals surface area contributed by atoms with Crippen LogP contribution in [0.2, 0.25) is 0 Å². The molecule has 1 fully saturated rings. The topological polar surface area (TPSA) is 50.9 Å². The largest absolute Gasteiger partial charge is 0.368 e. The minimum Gasteiger partial charge on any atom is -0.368 e. The molecule has 1 aromatic heterocycles. The summed E-state index contributed by atoms with van der Waals surface area (Å²) >= 11 is 0. The van der Waals surface area contributed by atoms with Crippen LogP contribution in [0.1, 0.15) is 25.0 Å². The number of pyridine rings is 1. The van der Waals surface area contributed by atoms with Crippen LogP contribution in [0.5, 0.6) is 0 Å². The summed E-state index contributed by atoms with van der Waals surface area (Å²) in [5.41, 5.74) is 7.15. The van der Waals surface area contributed by atoms with Crippen LogP contribution in [0.4, 0.5) is 5.82 Å². The molecule has 3 nitrogen and oxygen atoms in total. The van der Waals surface area contributed by atoms with Crippen LogP contribution in [0.15, 0.2) is 18.2 Å². The van der Waals surface area contributed by atoms with Gasteiger partial charge in [0.05, 0.1) is 0 Å². The maximum absolute atomic E-state index is 6.10. The van der Waals surface area contributed by atoms with Gasteiger partial charge in [-0.3, -0.25) is 0 Å². The molecule has 1 aliphatic carbocycles. The van der Waals surface area contributed by atoms with Gasteiger partial charge in [-0.15, -0.1) is 0 Å². The van der Waals surface area contributed by atoms with Crippen molar-refractivity contribution in [2.75, 3.05) is 11.9 Å². The summed E-state index contributed by atoms with van der Waals surface area (Å²) in [5, 5.41) is 3.29. The third-order valence-corrected chi connectivity index (χ3v) is 2.86. The molecule has 3 heteroatoms. The van der Waals surface area contributed by atoms with Gasteiger partial charge in [-0.2, -0.15) is 0 Å². The number of nitrogens with zero attached hydrogens (tertiary/aromatic N) is 1. The fourth-order valence-corrected chi connectivity index (χ4v) is 1.72. The lowest BCUT2D eigenvalue weighted by atomic mass is 9.78. The summed E-state index contributed by atoms with van der Waals surface area (Å²) in [4.78, 5) is 4.37. The molecular formula is C11H17N3. The van der Waals surface area contributed by atoms with Gasteiger partial charge < -0.3 is 11.1 Å². The molecule has 2 rings (SSSR count). The van der Waals surface area contributed by atoms with Gasteiger partial charge in [0.25, 0.3) is 0 Å². The quantitative estimate of drug-likeness (QED) is 0.764. The minimum atomic E-state index is 0.0193. The Morgan fingerprint density at radius 3 is 2.86 bits per heavy atom. The van der Waals surface area contributed by atoms with Crippen LogP contribution in [-0.2, 0) is 0 Å². The third-order valence-electron chi connectivity index (χ3n) is 2.86. The highest BCUT2D eigenvalue weighted by Crippen LogP contribution is 2.28. The number of hydrogen-bond donors (Lipinski definition) is 2. The Labute approximate surface area is 84.7 Å². The maximum atomic E-state index is 6.10. The fraction of sp³-hybridized carbons (Fsp3) is 0.545. The molecule has 3 N–H and O–H groups in total. The van der Waals surface area contributed by atoms with Gasteiger partial charge >= 0.3 is 0 Å². The zero-order chi connectivity index (χ0) is 10.0. The zero-order valence-corrected chi connectivity index (χ0v) is 8.59. The average molecular weight is 191 g/mol. The Bertz CT molecular complexity index is 318. The predicted molar refractivity (Wildman–Crippen MR) is 58.2 cm³/mol. The number of rotatable bonds is 3. The molecular weight excluding hydrogens is 174 g/mol. The van der Waals surface area contributed by atoms with E-state index < -0.39 is 0 Å². The van der Waals surface area contributed by atoms with Crippen molar-refractivity contribution in [3.05, 3.63) is 23.9 Å². The first-order valence-corrected chi connectivity index (χ1v) is 5.14. The van der Waals surface area contributed by atoms with Gasteiger partial charge in [-0.05, 0) is 38.3 Å². The predicted octanol–water partition coefficient (Wildman–Crippen LogP) is 1.68. The van der Waals surface area contributed by atoms with Crippen molar-refractivity contribution in [1.82, 2.24) is 4.98 Å². The Hall–Kier alpha value is -1.09. The van der Waals surface area contributed by atoms with Crippen LogP contribution in [0, 0.1) is 6.92 Å². The second kappa shape index (κ2) is 3.58. The van der Waals surface area contributed by atoms with Gasteiger partial charge in [-0.1, -0.05) is 6.07 Å². The molecule has 1 aliphatic rings. The Morgan fingerprint density at radius 1 is 1.50 bits per heavy atom. The third kappa shape index (κ3) is 2.04. The first-order chi connectivity index (χ1) is 6.68. The van der Waals surface area contributed by atoms with Gasteiger partial charge in [0.15, 0.2) is 0 Å². The lowest BCUT2D eigenvalue weighted by Gasteiger charge is -2.38. The van der Waals surface area contributed by atoms with E-state index in [1.807, 2.05) is 25.1 Å². The molecule has 0 unspecified atom stereocenters. The summed E-state index contributed by atoms with van der Waals surface area (Å²) in [6.07, 6.45) is 3.52. The molecule has 0 radical (unpaired) electrons. The van der Waals surface area contributed by atoms with Gasteiger partial charge in [0, 0.05) is 17.8 Å². The SMILES string of the molecule is Cc1cccc(NCC2(N)CCC2)n1. The molecule has 1 saturated carbocycles. The second-order valence-corrected chi connectivity index (χ2v) is 4.23.